The van der Waals surface area contributed by atoms with E-state index in [4.69, 9.17) is 4.74 Å². The van der Waals surface area contributed by atoms with Crippen molar-refractivity contribution in [2.75, 3.05) is 5.75 Å². The average Bonchev–Trinajstić information content (AvgIpc) is 2.38. The van der Waals surface area contributed by atoms with Crippen molar-refractivity contribution in [2.45, 2.75) is 44.5 Å². The summed E-state index contributed by atoms with van der Waals surface area (Å²) in [5, 5.41) is -0.694. The Morgan fingerprint density at radius 1 is 1.38 bits per heavy atom. The molecule has 0 aromatic carbocycles. The van der Waals surface area contributed by atoms with Crippen LogP contribution in [0.15, 0.2) is 0 Å². The molecule has 0 aliphatic carbocycles. The molecule has 90 valence electrons. The van der Waals surface area contributed by atoms with E-state index in [1.54, 1.807) is 20.8 Å². The minimum absolute atomic E-state index is 0.167. The maximum absolute atomic E-state index is 11.4. The third kappa shape index (κ3) is 3.86. The van der Waals surface area contributed by atoms with Gasteiger partial charge in [-0.05, 0) is 33.6 Å². The van der Waals surface area contributed by atoms with Crippen molar-refractivity contribution in [3.63, 3.8) is 0 Å². The molecule has 5 heteroatoms. The van der Waals surface area contributed by atoms with E-state index < -0.39 is 26.7 Å². The number of esters is 1. The van der Waals surface area contributed by atoms with E-state index in [1.807, 2.05) is 0 Å². The first-order valence-corrected chi connectivity index (χ1v) is 6.88. The number of carbonyl (C=O) groups is 1. The van der Waals surface area contributed by atoms with E-state index >= 15 is 0 Å². The molecule has 0 spiro atoms. The normalized spacial score (nSPS) is 23.3. The average molecular weight is 244 g/mol. The molecule has 0 bridgehead atoms. The molecule has 16 heavy (non-hydrogen) atoms. The fourth-order valence-electron chi connectivity index (χ4n) is 1.40. The molecule has 1 saturated heterocycles. The summed E-state index contributed by atoms with van der Waals surface area (Å²) in [7, 11) is -3.11. The molecule has 0 saturated carbocycles. The minimum atomic E-state index is -3.11. The van der Waals surface area contributed by atoms with Crippen molar-refractivity contribution in [3.8, 4) is 11.8 Å². The Bertz CT molecular complexity index is 431. The van der Waals surface area contributed by atoms with E-state index in [0.29, 0.717) is 12.8 Å². The van der Waals surface area contributed by atoms with Gasteiger partial charge in [0.2, 0.25) is 0 Å². The highest BCUT2D eigenvalue weighted by atomic mass is 32.2. The number of hydrogen-bond acceptors (Lipinski definition) is 4. The number of hydrogen-bond donors (Lipinski definition) is 0. The van der Waals surface area contributed by atoms with Crippen LogP contribution in [-0.4, -0.2) is 31.0 Å². The van der Waals surface area contributed by atoms with Gasteiger partial charge in [-0.15, -0.1) is 0 Å². The first-order valence-electron chi connectivity index (χ1n) is 5.17. The van der Waals surface area contributed by atoms with Gasteiger partial charge in [-0.25, -0.2) is 13.2 Å². The fourth-order valence-corrected chi connectivity index (χ4v) is 3.01. The van der Waals surface area contributed by atoms with Gasteiger partial charge >= 0.3 is 5.97 Å². The Balaban J connectivity index is 2.65. The van der Waals surface area contributed by atoms with Crippen LogP contribution in [0, 0.1) is 11.8 Å². The van der Waals surface area contributed by atoms with Crippen LogP contribution in [0.5, 0.6) is 0 Å². The second-order valence-electron chi connectivity index (χ2n) is 4.77. The lowest BCUT2D eigenvalue weighted by molar-refractivity contribution is -0.147. The lowest BCUT2D eigenvalue weighted by Gasteiger charge is -2.16. The molecule has 0 amide bonds. The third-order valence-corrected chi connectivity index (χ3v) is 4.14. The van der Waals surface area contributed by atoms with E-state index in [9.17, 15) is 13.2 Å². The van der Waals surface area contributed by atoms with Gasteiger partial charge in [-0.1, -0.05) is 5.92 Å². The van der Waals surface area contributed by atoms with Gasteiger partial charge in [-0.3, -0.25) is 0 Å². The summed E-state index contributed by atoms with van der Waals surface area (Å²) in [5.74, 6) is 4.22. The van der Waals surface area contributed by atoms with Crippen LogP contribution in [0.3, 0.4) is 0 Å². The highest BCUT2D eigenvalue weighted by molar-refractivity contribution is 7.92. The van der Waals surface area contributed by atoms with Crippen LogP contribution in [0.1, 0.15) is 33.6 Å². The van der Waals surface area contributed by atoms with E-state index in [2.05, 4.69) is 11.8 Å². The Morgan fingerprint density at radius 2 is 2.00 bits per heavy atom. The van der Waals surface area contributed by atoms with E-state index in [1.165, 1.54) is 0 Å². The maximum atomic E-state index is 11.4. The molecule has 1 rings (SSSR count). The van der Waals surface area contributed by atoms with Crippen LogP contribution >= 0.6 is 0 Å². The molecule has 0 N–H and O–H groups in total. The van der Waals surface area contributed by atoms with Crippen molar-refractivity contribution >= 4 is 15.8 Å². The van der Waals surface area contributed by atoms with Crippen LogP contribution in [0.4, 0.5) is 0 Å². The largest absolute Gasteiger partial charge is 0.450 e. The molecule has 1 fully saturated rings. The fraction of sp³-hybridized carbons (Fsp3) is 0.727. The van der Waals surface area contributed by atoms with Crippen LogP contribution < -0.4 is 0 Å². The Labute approximate surface area is 96.3 Å². The highest BCUT2D eigenvalue weighted by Crippen LogP contribution is 2.18. The van der Waals surface area contributed by atoms with Crippen molar-refractivity contribution in [1.82, 2.24) is 0 Å². The first kappa shape index (κ1) is 13.0. The van der Waals surface area contributed by atoms with Crippen LogP contribution in [-0.2, 0) is 19.4 Å². The van der Waals surface area contributed by atoms with Crippen molar-refractivity contribution < 1.29 is 17.9 Å². The molecular formula is C11H16O4S. The van der Waals surface area contributed by atoms with Crippen molar-refractivity contribution in [2.24, 2.45) is 0 Å². The number of ether oxygens (including phenoxy) is 1. The number of carbonyl (C=O) groups excluding carboxylic acids is 1. The lowest BCUT2D eigenvalue weighted by Crippen LogP contribution is -2.23. The van der Waals surface area contributed by atoms with Gasteiger partial charge in [0.05, 0.1) is 5.75 Å². The highest BCUT2D eigenvalue weighted by Gasteiger charge is 2.29. The standard InChI is InChI=1S/C11H16O4S/c1-11(2,3)15-10(12)7-6-9-5-4-8-16(9,13)14/h9H,4-5,8H2,1-3H3. The SMILES string of the molecule is CC(C)(C)OC(=O)C#CC1CCCS1(=O)=O. The molecule has 0 radical (unpaired) electrons. The molecule has 1 unspecified atom stereocenters. The van der Waals surface area contributed by atoms with Gasteiger partial charge in [0.1, 0.15) is 10.9 Å². The van der Waals surface area contributed by atoms with E-state index in [0.717, 1.165) is 0 Å². The number of rotatable bonds is 0. The predicted octanol–water partition coefficient (Wildman–Crippen LogP) is 0.909. The minimum Gasteiger partial charge on any atom is -0.450 e. The summed E-state index contributed by atoms with van der Waals surface area (Å²) in [6.07, 6.45) is 1.13. The Morgan fingerprint density at radius 3 is 2.44 bits per heavy atom. The van der Waals surface area contributed by atoms with Gasteiger partial charge in [0.15, 0.2) is 9.84 Å². The maximum Gasteiger partial charge on any atom is 0.384 e. The molecule has 4 nitrogen and oxygen atoms in total. The molecular weight excluding hydrogens is 228 g/mol. The molecule has 1 atom stereocenters. The predicted molar refractivity (Wildman–Crippen MR) is 60.4 cm³/mol. The topological polar surface area (TPSA) is 60.4 Å². The molecule has 0 aromatic heterocycles. The van der Waals surface area contributed by atoms with E-state index in [-0.39, 0.29) is 5.75 Å². The zero-order valence-corrected chi connectivity index (χ0v) is 10.6. The van der Waals surface area contributed by atoms with Crippen LogP contribution in [0.25, 0.3) is 0 Å². The molecule has 0 aromatic rings. The van der Waals surface area contributed by atoms with Crippen molar-refractivity contribution in [1.29, 1.82) is 0 Å². The second-order valence-corrected chi connectivity index (χ2v) is 7.07. The molecule has 1 heterocycles. The summed E-state index contributed by atoms with van der Waals surface area (Å²) in [6, 6.07) is 0. The molecule has 1 aliphatic rings. The quantitative estimate of drug-likeness (QED) is 0.361. The number of sulfone groups is 1. The van der Waals surface area contributed by atoms with Gasteiger partial charge in [-0.2, -0.15) is 0 Å². The first-order chi connectivity index (χ1) is 7.21. The van der Waals surface area contributed by atoms with Gasteiger partial charge in [0.25, 0.3) is 0 Å². The Hall–Kier alpha value is -1.02. The zero-order valence-electron chi connectivity index (χ0n) is 9.74. The smallest absolute Gasteiger partial charge is 0.384 e. The summed E-state index contributed by atoms with van der Waals surface area (Å²) in [5.41, 5.74) is -0.597. The zero-order chi connectivity index (χ0) is 12.4. The lowest BCUT2D eigenvalue weighted by atomic mass is 10.2. The van der Waals surface area contributed by atoms with Gasteiger partial charge < -0.3 is 4.74 Å². The monoisotopic (exact) mass is 244 g/mol. The Kier molecular flexibility index (Phi) is 3.64. The second kappa shape index (κ2) is 4.46. The summed E-state index contributed by atoms with van der Waals surface area (Å²) in [6.45, 7) is 5.21. The summed E-state index contributed by atoms with van der Waals surface area (Å²) in [4.78, 5) is 11.2. The summed E-state index contributed by atoms with van der Waals surface area (Å²) >= 11 is 0. The van der Waals surface area contributed by atoms with Crippen LogP contribution in [0.2, 0.25) is 0 Å². The molecule has 1 aliphatic heterocycles. The third-order valence-electron chi connectivity index (χ3n) is 2.06. The summed E-state index contributed by atoms with van der Waals surface area (Å²) < 4.78 is 27.8. The van der Waals surface area contributed by atoms with Gasteiger partial charge in [0, 0.05) is 5.92 Å². The van der Waals surface area contributed by atoms with Crippen molar-refractivity contribution in [3.05, 3.63) is 0 Å².